The first-order chi connectivity index (χ1) is 23.3. The number of carbonyl (C=O) groups excluding carboxylic acids is 3. The lowest BCUT2D eigenvalue weighted by atomic mass is 10.1. The maximum Gasteiger partial charge on any atom is 0.272 e. The van der Waals surface area contributed by atoms with Crippen molar-refractivity contribution in [3.05, 3.63) is 114 Å². The first kappa shape index (κ1) is 35.6. The smallest absolute Gasteiger partial charge is 0.272 e. The molecule has 0 radical (unpaired) electrons. The number of methoxy groups -OCH3 is 2. The van der Waals surface area contributed by atoms with Gasteiger partial charge in [0.15, 0.2) is 11.5 Å². The zero-order valence-corrected chi connectivity index (χ0v) is 28.4. The van der Waals surface area contributed by atoms with Crippen LogP contribution in [0.3, 0.4) is 0 Å². The molecule has 0 saturated carbocycles. The fraction of sp³-hybridized carbons (Fsp3) is 0.237. The standard InChI is InChI=1S/C38H41N3O6S/c1-5-7-23-47-30-21-19-28(20-22-30)39-38(44)34(6-2)48-31-17-12-16-29(25-31)40-37(43)32(41-36(42)26-13-9-8-10-14-26)24-27-15-11-18-33(45-3)35(27)46-4/h8-22,24-25,34H,5-7,23H2,1-4H3,(H,39,44)(H,40,43)(H,41,42)/b32-24+. The topological polar surface area (TPSA) is 115 Å². The molecule has 4 aromatic carbocycles. The molecule has 4 aromatic rings. The molecule has 0 aliphatic carbocycles. The van der Waals surface area contributed by atoms with Crippen molar-refractivity contribution in [1.82, 2.24) is 5.32 Å². The number of carbonyl (C=O) groups is 3. The van der Waals surface area contributed by atoms with Gasteiger partial charge in [-0.1, -0.05) is 56.7 Å². The van der Waals surface area contributed by atoms with Gasteiger partial charge in [0.1, 0.15) is 11.4 Å². The molecule has 1 unspecified atom stereocenters. The van der Waals surface area contributed by atoms with E-state index in [9.17, 15) is 14.4 Å². The molecule has 0 spiro atoms. The maximum atomic E-state index is 13.7. The van der Waals surface area contributed by atoms with Crippen LogP contribution in [-0.4, -0.2) is 43.8 Å². The molecule has 0 saturated heterocycles. The zero-order valence-electron chi connectivity index (χ0n) is 27.6. The molecule has 0 heterocycles. The highest BCUT2D eigenvalue weighted by Crippen LogP contribution is 2.33. The number of hydrogen-bond donors (Lipinski definition) is 3. The highest BCUT2D eigenvalue weighted by atomic mass is 32.2. The van der Waals surface area contributed by atoms with Gasteiger partial charge in [0.25, 0.3) is 11.8 Å². The molecule has 3 amide bonds. The Morgan fingerprint density at radius 2 is 1.56 bits per heavy atom. The maximum absolute atomic E-state index is 13.7. The Labute approximate surface area is 286 Å². The number of para-hydroxylation sites is 1. The predicted octanol–water partition coefficient (Wildman–Crippen LogP) is 7.80. The van der Waals surface area contributed by atoms with Crippen LogP contribution in [0.25, 0.3) is 6.08 Å². The first-order valence-electron chi connectivity index (χ1n) is 15.8. The normalized spacial score (nSPS) is 11.6. The summed E-state index contributed by atoms with van der Waals surface area (Å²) in [5, 5.41) is 8.25. The van der Waals surface area contributed by atoms with Crippen LogP contribution in [0.5, 0.6) is 17.2 Å². The lowest BCUT2D eigenvalue weighted by molar-refractivity contribution is -0.116. The minimum Gasteiger partial charge on any atom is -0.494 e. The Balaban J connectivity index is 1.49. The van der Waals surface area contributed by atoms with E-state index in [0.29, 0.717) is 47.0 Å². The summed E-state index contributed by atoms with van der Waals surface area (Å²) in [7, 11) is 3.03. The fourth-order valence-corrected chi connectivity index (χ4v) is 5.66. The van der Waals surface area contributed by atoms with Gasteiger partial charge in [-0.2, -0.15) is 0 Å². The second kappa shape index (κ2) is 18.2. The van der Waals surface area contributed by atoms with Crippen LogP contribution in [-0.2, 0) is 9.59 Å². The second-order valence-electron chi connectivity index (χ2n) is 10.7. The van der Waals surface area contributed by atoms with E-state index >= 15 is 0 Å². The summed E-state index contributed by atoms with van der Waals surface area (Å²) < 4.78 is 16.7. The molecular weight excluding hydrogens is 627 g/mol. The van der Waals surface area contributed by atoms with Crippen LogP contribution in [0.2, 0.25) is 0 Å². The van der Waals surface area contributed by atoms with Crippen molar-refractivity contribution in [3.63, 3.8) is 0 Å². The number of anilines is 2. The summed E-state index contributed by atoms with van der Waals surface area (Å²) in [6, 6.07) is 28.5. The average Bonchev–Trinajstić information content (AvgIpc) is 3.11. The Kier molecular flexibility index (Phi) is 13.5. The SMILES string of the molecule is CCCCOc1ccc(NC(=O)C(CC)Sc2cccc(NC(=O)/C(=C\c3cccc(OC)c3OC)NC(=O)c3ccccc3)c2)cc1. The van der Waals surface area contributed by atoms with Crippen molar-refractivity contribution in [2.24, 2.45) is 0 Å². The fourth-order valence-electron chi connectivity index (χ4n) is 4.65. The van der Waals surface area contributed by atoms with Gasteiger partial charge in [-0.3, -0.25) is 14.4 Å². The summed E-state index contributed by atoms with van der Waals surface area (Å²) in [5.74, 6) is 0.544. The minimum atomic E-state index is -0.543. The van der Waals surface area contributed by atoms with Gasteiger partial charge in [-0.15, -0.1) is 11.8 Å². The highest BCUT2D eigenvalue weighted by Gasteiger charge is 2.20. The Morgan fingerprint density at radius 3 is 2.25 bits per heavy atom. The third-order valence-electron chi connectivity index (χ3n) is 7.18. The van der Waals surface area contributed by atoms with Crippen molar-refractivity contribution in [3.8, 4) is 17.2 Å². The molecule has 10 heteroatoms. The van der Waals surface area contributed by atoms with Crippen molar-refractivity contribution < 1.29 is 28.6 Å². The van der Waals surface area contributed by atoms with E-state index in [-0.39, 0.29) is 16.9 Å². The van der Waals surface area contributed by atoms with E-state index in [1.165, 1.54) is 32.1 Å². The second-order valence-corrected chi connectivity index (χ2v) is 11.9. The third-order valence-corrected chi connectivity index (χ3v) is 8.54. The van der Waals surface area contributed by atoms with Gasteiger partial charge in [-0.05, 0) is 79.6 Å². The van der Waals surface area contributed by atoms with E-state index in [0.717, 1.165) is 23.5 Å². The van der Waals surface area contributed by atoms with Gasteiger partial charge >= 0.3 is 0 Å². The largest absolute Gasteiger partial charge is 0.494 e. The molecule has 3 N–H and O–H groups in total. The molecule has 48 heavy (non-hydrogen) atoms. The lowest BCUT2D eigenvalue weighted by Crippen LogP contribution is -2.30. The average molecular weight is 668 g/mol. The molecule has 0 fully saturated rings. The monoisotopic (exact) mass is 667 g/mol. The number of ether oxygens (including phenoxy) is 3. The number of thioether (sulfide) groups is 1. The molecule has 0 aliphatic heterocycles. The van der Waals surface area contributed by atoms with Crippen molar-refractivity contribution in [2.45, 2.75) is 43.3 Å². The number of rotatable bonds is 16. The van der Waals surface area contributed by atoms with Crippen molar-refractivity contribution in [2.75, 3.05) is 31.5 Å². The number of unbranched alkanes of at least 4 members (excludes halogenated alkanes) is 1. The molecular formula is C38H41N3O6S. The van der Waals surface area contributed by atoms with Crippen LogP contribution >= 0.6 is 11.8 Å². The van der Waals surface area contributed by atoms with Gasteiger partial charge in [0, 0.05) is 27.4 Å². The Bertz CT molecular complexity index is 1710. The summed E-state index contributed by atoms with van der Waals surface area (Å²) >= 11 is 1.40. The summed E-state index contributed by atoms with van der Waals surface area (Å²) in [4.78, 5) is 40.8. The van der Waals surface area contributed by atoms with Crippen LogP contribution in [0, 0.1) is 0 Å². The van der Waals surface area contributed by atoms with Gasteiger partial charge in [0.2, 0.25) is 5.91 Å². The number of nitrogens with one attached hydrogen (secondary N) is 3. The molecule has 9 nitrogen and oxygen atoms in total. The Hall–Kier alpha value is -5.22. The van der Waals surface area contributed by atoms with Gasteiger partial charge in [0.05, 0.1) is 26.1 Å². The van der Waals surface area contributed by atoms with E-state index in [2.05, 4.69) is 22.9 Å². The molecule has 0 bridgehead atoms. The number of amides is 3. The quantitative estimate of drug-likeness (QED) is 0.0635. The Morgan fingerprint density at radius 1 is 0.812 bits per heavy atom. The molecule has 1 atom stereocenters. The highest BCUT2D eigenvalue weighted by molar-refractivity contribution is 8.00. The summed E-state index contributed by atoms with van der Waals surface area (Å²) in [5.41, 5.74) is 2.12. The van der Waals surface area contributed by atoms with Crippen LogP contribution < -0.4 is 30.2 Å². The van der Waals surface area contributed by atoms with Crippen LogP contribution in [0.4, 0.5) is 11.4 Å². The first-order valence-corrected chi connectivity index (χ1v) is 16.6. The van der Waals surface area contributed by atoms with E-state index in [1.807, 2.05) is 37.3 Å². The summed E-state index contributed by atoms with van der Waals surface area (Å²) in [6.45, 7) is 4.72. The lowest BCUT2D eigenvalue weighted by Gasteiger charge is -2.16. The van der Waals surface area contributed by atoms with Crippen molar-refractivity contribution >= 4 is 46.9 Å². The molecule has 0 aromatic heterocycles. The number of hydrogen-bond acceptors (Lipinski definition) is 7. The predicted molar refractivity (Wildman–Crippen MR) is 192 cm³/mol. The molecule has 0 aliphatic rings. The number of benzene rings is 4. The minimum absolute atomic E-state index is 0.000979. The van der Waals surface area contributed by atoms with Crippen molar-refractivity contribution in [1.29, 1.82) is 0 Å². The van der Waals surface area contributed by atoms with Gasteiger partial charge < -0.3 is 30.2 Å². The van der Waals surface area contributed by atoms with Gasteiger partial charge in [-0.25, -0.2) is 0 Å². The van der Waals surface area contributed by atoms with Crippen LogP contribution in [0.15, 0.2) is 108 Å². The zero-order chi connectivity index (χ0) is 34.3. The third kappa shape index (κ3) is 10.1. The molecule has 250 valence electrons. The van der Waals surface area contributed by atoms with Crippen LogP contribution in [0.1, 0.15) is 49.0 Å². The van der Waals surface area contributed by atoms with E-state index < -0.39 is 11.8 Å². The van der Waals surface area contributed by atoms with E-state index in [4.69, 9.17) is 14.2 Å². The van der Waals surface area contributed by atoms with E-state index in [1.54, 1.807) is 66.7 Å². The molecule has 4 rings (SSSR count). The summed E-state index contributed by atoms with van der Waals surface area (Å²) in [6.07, 6.45) is 4.17.